The van der Waals surface area contributed by atoms with Crippen LogP contribution in [0.15, 0.2) is 41.1 Å². The maximum atomic E-state index is 12.6. The van der Waals surface area contributed by atoms with Gasteiger partial charge in [-0.3, -0.25) is 9.59 Å². The summed E-state index contributed by atoms with van der Waals surface area (Å²) in [5, 5.41) is 8.24. The van der Waals surface area contributed by atoms with Crippen LogP contribution in [0.5, 0.6) is 0 Å². The first-order valence-corrected chi connectivity index (χ1v) is 8.07. The number of ether oxygens (including phenoxy) is 1. The van der Waals surface area contributed by atoms with Gasteiger partial charge in [0.25, 0.3) is 0 Å². The molecule has 134 valence electrons. The number of rotatable bonds is 5. The van der Waals surface area contributed by atoms with E-state index in [1.54, 1.807) is 0 Å². The first kappa shape index (κ1) is 18.9. The lowest BCUT2D eigenvalue weighted by Gasteiger charge is -2.15. The summed E-state index contributed by atoms with van der Waals surface area (Å²) in [5.41, 5.74) is -0.176. The number of anilines is 1. The molecule has 0 saturated heterocycles. The van der Waals surface area contributed by atoms with Crippen molar-refractivity contribution in [2.75, 3.05) is 19.0 Å². The van der Waals surface area contributed by atoms with Crippen molar-refractivity contribution in [1.29, 1.82) is 0 Å². The lowest BCUT2D eigenvalue weighted by Crippen LogP contribution is -2.37. The van der Waals surface area contributed by atoms with Crippen molar-refractivity contribution in [2.24, 2.45) is 0 Å². The van der Waals surface area contributed by atoms with Gasteiger partial charge in [-0.15, -0.1) is 0 Å². The van der Waals surface area contributed by atoms with Gasteiger partial charge >= 0.3 is 18.0 Å². The van der Waals surface area contributed by atoms with Crippen LogP contribution in [-0.2, 0) is 20.5 Å². The fraction of sp³-hybridized carbons (Fsp3) is 0.250. The third kappa shape index (κ3) is 5.30. The van der Waals surface area contributed by atoms with Gasteiger partial charge in [-0.25, -0.2) is 0 Å². The van der Waals surface area contributed by atoms with Crippen molar-refractivity contribution in [3.8, 4) is 0 Å². The topological polar surface area (TPSA) is 67.4 Å². The smallest absolute Gasteiger partial charge is 0.375 e. The Kier molecular flexibility index (Phi) is 6.16. The third-order valence-electron chi connectivity index (χ3n) is 3.30. The van der Waals surface area contributed by atoms with E-state index < -0.39 is 29.7 Å². The summed E-state index contributed by atoms with van der Waals surface area (Å²) in [6.45, 7) is 0.0576. The Morgan fingerprint density at radius 1 is 1.24 bits per heavy atom. The molecule has 0 aliphatic heterocycles. The van der Waals surface area contributed by atoms with E-state index in [1.807, 2.05) is 16.8 Å². The van der Waals surface area contributed by atoms with Gasteiger partial charge in [0.05, 0.1) is 5.56 Å². The number of carbonyl (C=O) groups excluding carboxylic acids is 2. The summed E-state index contributed by atoms with van der Waals surface area (Å²) in [7, 11) is 1.47. The highest BCUT2D eigenvalue weighted by Crippen LogP contribution is 2.30. The number of amides is 2. The molecule has 2 N–H and O–H groups in total. The predicted octanol–water partition coefficient (Wildman–Crippen LogP) is 3.21. The molecular formula is C16H15F3N2O3S. The lowest BCUT2D eigenvalue weighted by molar-refractivity contribution is -0.137. The highest BCUT2D eigenvalue weighted by atomic mass is 32.1. The van der Waals surface area contributed by atoms with E-state index in [2.05, 4.69) is 10.6 Å². The molecule has 0 fully saturated rings. The SMILES string of the molecule is COC(CNC(=O)C(=O)Nc1cccc(C(F)(F)F)c1)c1ccsc1. The molecule has 1 atom stereocenters. The van der Waals surface area contributed by atoms with E-state index in [4.69, 9.17) is 4.74 Å². The molecule has 2 aromatic rings. The first-order valence-electron chi connectivity index (χ1n) is 7.12. The molecule has 1 unspecified atom stereocenters. The molecule has 0 bridgehead atoms. The Labute approximate surface area is 145 Å². The average Bonchev–Trinajstić information content (AvgIpc) is 3.09. The number of alkyl halides is 3. The van der Waals surface area contributed by atoms with Crippen LogP contribution in [0.4, 0.5) is 18.9 Å². The van der Waals surface area contributed by atoms with E-state index >= 15 is 0 Å². The minimum absolute atomic E-state index is 0.0576. The summed E-state index contributed by atoms with van der Waals surface area (Å²) in [5.74, 6) is -2.02. The molecular weight excluding hydrogens is 357 g/mol. The van der Waals surface area contributed by atoms with Crippen LogP contribution in [-0.4, -0.2) is 25.5 Å². The fourth-order valence-electron chi connectivity index (χ4n) is 2.02. The lowest BCUT2D eigenvalue weighted by atomic mass is 10.2. The number of halogens is 3. The molecule has 1 heterocycles. The van der Waals surface area contributed by atoms with Crippen LogP contribution in [0, 0.1) is 0 Å². The molecule has 1 aromatic carbocycles. The van der Waals surface area contributed by atoms with E-state index in [1.165, 1.54) is 24.5 Å². The largest absolute Gasteiger partial charge is 0.416 e. The molecule has 0 spiro atoms. The van der Waals surface area contributed by atoms with Crippen LogP contribution >= 0.6 is 11.3 Å². The third-order valence-corrected chi connectivity index (χ3v) is 4.00. The van der Waals surface area contributed by atoms with Crippen LogP contribution in [0.25, 0.3) is 0 Å². The second kappa shape index (κ2) is 8.13. The van der Waals surface area contributed by atoms with Gasteiger partial charge in [-0.1, -0.05) is 6.07 Å². The van der Waals surface area contributed by atoms with E-state index in [9.17, 15) is 22.8 Å². The number of thiophene rings is 1. The molecule has 0 radical (unpaired) electrons. The Bertz CT molecular complexity index is 732. The van der Waals surface area contributed by atoms with Crippen molar-refractivity contribution < 1.29 is 27.5 Å². The monoisotopic (exact) mass is 372 g/mol. The molecule has 9 heteroatoms. The van der Waals surface area contributed by atoms with E-state index in [0.29, 0.717) is 0 Å². The van der Waals surface area contributed by atoms with Crippen molar-refractivity contribution in [3.05, 3.63) is 52.2 Å². The molecule has 1 aromatic heterocycles. The molecule has 5 nitrogen and oxygen atoms in total. The highest BCUT2D eigenvalue weighted by molar-refractivity contribution is 7.07. The second-order valence-electron chi connectivity index (χ2n) is 5.02. The van der Waals surface area contributed by atoms with E-state index in [-0.39, 0.29) is 12.2 Å². The molecule has 25 heavy (non-hydrogen) atoms. The molecule has 0 saturated carbocycles. The number of nitrogens with one attached hydrogen (secondary N) is 2. The number of hydrogen-bond donors (Lipinski definition) is 2. The molecule has 2 amide bonds. The van der Waals surface area contributed by atoms with E-state index in [0.717, 1.165) is 23.8 Å². The van der Waals surface area contributed by atoms with Gasteiger partial charge in [-0.2, -0.15) is 24.5 Å². The summed E-state index contributed by atoms with van der Waals surface area (Å²) in [4.78, 5) is 23.6. The zero-order chi connectivity index (χ0) is 18.4. The Morgan fingerprint density at radius 2 is 2.00 bits per heavy atom. The minimum Gasteiger partial charge on any atom is -0.375 e. The quantitative estimate of drug-likeness (QED) is 0.792. The Balaban J connectivity index is 1.93. The zero-order valence-corrected chi connectivity index (χ0v) is 13.9. The zero-order valence-electron chi connectivity index (χ0n) is 13.1. The second-order valence-corrected chi connectivity index (χ2v) is 5.80. The molecule has 2 rings (SSSR count). The average molecular weight is 372 g/mol. The number of benzene rings is 1. The van der Waals surface area contributed by atoms with Crippen LogP contribution < -0.4 is 10.6 Å². The van der Waals surface area contributed by atoms with Crippen LogP contribution in [0.3, 0.4) is 0 Å². The van der Waals surface area contributed by atoms with Gasteiger partial charge in [0.2, 0.25) is 0 Å². The normalized spacial score (nSPS) is 12.5. The summed E-state index contributed by atoms with van der Waals surface area (Å²) in [6, 6.07) is 5.87. The number of methoxy groups -OCH3 is 1. The fourth-order valence-corrected chi connectivity index (χ4v) is 2.72. The van der Waals surface area contributed by atoms with Gasteiger partial charge in [0.15, 0.2) is 0 Å². The summed E-state index contributed by atoms with van der Waals surface area (Å²) >= 11 is 1.47. The van der Waals surface area contributed by atoms with Crippen LogP contribution in [0.2, 0.25) is 0 Å². The maximum Gasteiger partial charge on any atom is 0.416 e. The van der Waals surface area contributed by atoms with Crippen molar-refractivity contribution in [3.63, 3.8) is 0 Å². The van der Waals surface area contributed by atoms with Gasteiger partial charge < -0.3 is 15.4 Å². The van der Waals surface area contributed by atoms with Gasteiger partial charge in [0.1, 0.15) is 6.10 Å². The molecule has 0 aliphatic rings. The van der Waals surface area contributed by atoms with Crippen molar-refractivity contribution >= 4 is 28.8 Å². The van der Waals surface area contributed by atoms with Crippen molar-refractivity contribution in [2.45, 2.75) is 12.3 Å². The van der Waals surface area contributed by atoms with Crippen LogP contribution in [0.1, 0.15) is 17.2 Å². The van der Waals surface area contributed by atoms with Gasteiger partial charge in [-0.05, 0) is 40.6 Å². The van der Waals surface area contributed by atoms with Crippen molar-refractivity contribution in [1.82, 2.24) is 5.32 Å². The summed E-state index contributed by atoms with van der Waals surface area (Å²) < 4.78 is 43.2. The Hall–Kier alpha value is -2.39. The molecule has 0 aliphatic carbocycles. The summed E-state index contributed by atoms with van der Waals surface area (Å²) in [6.07, 6.45) is -4.95. The minimum atomic E-state index is -4.53. The highest BCUT2D eigenvalue weighted by Gasteiger charge is 2.30. The first-order chi connectivity index (χ1) is 11.8. The number of carbonyl (C=O) groups is 2. The standard InChI is InChI=1S/C16H15F3N2O3S/c1-24-13(10-5-6-25-9-10)8-20-14(22)15(23)21-12-4-2-3-11(7-12)16(17,18)19/h2-7,9,13H,8H2,1H3,(H,20,22)(H,21,23). The maximum absolute atomic E-state index is 12.6. The number of hydrogen-bond acceptors (Lipinski definition) is 4. The Morgan fingerprint density at radius 3 is 2.60 bits per heavy atom. The van der Waals surface area contributed by atoms with Gasteiger partial charge in [0, 0.05) is 19.3 Å². The predicted molar refractivity (Wildman–Crippen MR) is 87.2 cm³/mol.